The summed E-state index contributed by atoms with van der Waals surface area (Å²) in [7, 11) is 1.65. The number of aromatic nitrogens is 2. The highest BCUT2D eigenvalue weighted by molar-refractivity contribution is 6.08. The van der Waals surface area contributed by atoms with Gasteiger partial charge >= 0.3 is 0 Å². The first-order valence-corrected chi connectivity index (χ1v) is 5.08. The third kappa shape index (κ3) is 2.23. The lowest BCUT2D eigenvalue weighted by molar-refractivity contribution is 0.0993. The van der Waals surface area contributed by atoms with E-state index in [1.807, 2.05) is 6.07 Å². The smallest absolute Gasteiger partial charge is 0.262 e. The molecule has 0 bridgehead atoms. The largest absolute Gasteiger partial charge is 0.398 e. The molecule has 2 aromatic rings. The van der Waals surface area contributed by atoms with E-state index >= 15 is 0 Å². The third-order valence-corrected chi connectivity index (χ3v) is 2.38. The van der Waals surface area contributed by atoms with Crippen LogP contribution in [0.4, 0.5) is 11.5 Å². The molecule has 0 radical (unpaired) electrons. The van der Waals surface area contributed by atoms with Crippen LogP contribution >= 0.6 is 0 Å². The fourth-order valence-electron chi connectivity index (χ4n) is 1.42. The summed E-state index contributed by atoms with van der Waals surface area (Å²) < 4.78 is 0. The van der Waals surface area contributed by atoms with Crippen LogP contribution in [0.25, 0.3) is 0 Å². The molecule has 17 heavy (non-hydrogen) atoms. The van der Waals surface area contributed by atoms with E-state index in [0.717, 1.165) is 0 Å². The molecule has 2 rings (SSSR count). The SMILES string of the molecule is CN(C(=O)c1cnccc1N)c1ccccn1. The molecule has 0 aliphatic rings. The second-order valence-electron chi connectivity index (χ2n) is 3.52. The molecule has 0 aliphatic heterocycles. The van der Waals surface area contributed by atoms with Gasteiger partial charge < -0.3 is 5.73 Å². The number of nitrogens with two attached hydrogens (primary N) is 1. The van der Waals surface area contributed by atoms with Gasteiger partial charge in [0.15, 0.2) is 0 Å². The Morgan fingerprint density at radius 2 is 2.12 bits per heavy atom. The van der Waals surface area contributed by atoms with Crippen LogP contribution < -0.4 is 10.6 Å². The zero-order valence-electron chi connectivity index (χ0n) is 9.37. The van der Waals surface area contributed by atoms with Crippen molar-refractivity contribution in [2.75, 3.05) is 17.7 Å². The maximum atomic E-state index is 12.1. The number of rotatable bonds is 2. The van der Waals surface area contributed by atoms with Crippen molar-refractivity contribution < 1.29 is 4.79 Å². The lowest BCUT2D eigenvalue weighted by Gasteiger charge is -2.16. The summed E-state index contributed by atoms with van der Waals surface area (Å²) in [6, 6.07) is 6.96. The van der Waals surface area contributed by atoms with Gasteiger partial charge in [-0.25, -0.2) is 4.98 Å². The molecule has 2 aromatic heterocycles. The quantitative estimate of drug-likeness (QED) is 0.841. The number of pyridine rings is 2. The van der Waals surface area contributed by atoms with Crippen molar-refractivity contribution >= 4 is 17.4 Å². The molecule has 0 saturated heterocycles. The summed E-state index contributed by atoms with van der Waals surface area (Å²) in [4.78, 5) is 21.6. The van der Waals surface area contributed by atoms with Crippen molar-refractivity contribution in [3.05, 3.63) is 48.4 Å². The minimum atomic E-state index is -0.227. The topological polar surface area (TPSA) is 72.1 Å². The van der Waals surface area contributed by atoms with Crippen molar-refractivity contribution in [3.8, 4) is 0 Å². The number of hydrogen-bond donors (Lipinski definition) is 1. The predicted octanol–water partition coefficient (Wildman–Crippen LogP) is 1.34. The molecule has 2 heterocycles. The van der Waals surface area contributed by atoms with Gasteiger partial charge in [0.1, 0.15) is 5.82 Å². The maximum Gasteiger partial charge on any atom is 0.262 e. The average molecular weight is 228 g/mol. The Morgan fingerprint density at radius 3 is 2.76 bits per heavy atom. The number of amides is 1. The third-order valence-electron chi connectivity index (χ3n) is 2.38. The van der Waals surface area contributed by atoms with Gasteiger partial charge in [0.2, 0.25) is 0 Å². The molecular formula is C12H12N4O. The monoisotopic (exact) mass is 228 g/mol. The summed E-state index contributed by atoms with van der Waals surface area (Å²) in [6.45, 7) is 0. The van der Waals surface area contributed by atoms with Crippen LogP contribution in [0.15, 0.2) is 42.9 Å². The molecule has 0 saturated carbocycles. The van der Waals surface area contributed by atoms with Crippen LogP contribution in [-0.2, 0) is 0 Å². The highest BCUT2D eigenvalue weighted by atomic mass is 16.2. The average Bonchev–Trinajstić information content (AvgIpc) is 2.39. The molecule has 0 aliphatic carbocycles. The lowest BCUT2D eigenvalue weighted by atomic mass is 10.2. The second-order valence-corrected chi connectivity index (χ2v) is 3.52. The molecule has 86 valence electrons. The highest BCUT2D eigenvalue weighted by Gasteiger charge is 2.16. The van der Waals surface area contributed by atoms with Crippen molar-refractivity contribution in [3.63, 3.8) is 0 Å². The van der Waals surface area contributed by atoms with Gasteiger partial charge in [-0.3, -0.25) is 14.7 Å². The number of nitrogen functional groups attached to an aromatic ring is 1. The number of anilines is 2. The standard InChI is InChI=1S/C12H12N4O/c1-16(11-4-2-3-6-15-11)12(17)9-8-14-7-5-10(9)13/h2-8H,1H3,(H2,13,14). The lowest BCUT2D eigenvalue weighted by Crippen LogP contribution is -2.27. The molecule has 0 unspecified atom stereocenters. The summed E-state index contributed by atoms with van der Waals surface area (Å²) in [5, 5.41) is 0. The molecule has 0 fully saturated rings. The number of carbonyl (C=O) groups excluding carboxylic acids is 1. The number of hydrogen-bond acceptors (Lipinski definition) is 4. The van der Waals surface area contributed by atoms with Crippen LogP contribution in [0.3, 0.4) is 0 Å². The summed E-state index contributed by atoms with van der Waals surface area (Å²) in [5.41, 5.74) is 6.52. The van der Waals surface area contributed by atoms with Crippen molar-refractivity contribution in [2.24, 2.45) is 0 Å². The summed E-state index contributed by atoms with van der Waals surface area (Å²) >= 11 is 0. The van der Waals surface area contributed by atoms with Crippen LogP contribution in [0, 0.1) is 0 Å². The van der Waals surface area contributed by atoms with Gasteiger partial charge in [-0.1, -0.05) is 6.07 Å². The Labute approximate surface area is 98.9 Å². The Balaban J connectivity index is 2.30. The molecule has 0 atom stereocenters. The summed E-state index contributed by atoms with van der Waals surface area (Å²) in [5.74, 6) is 0.343. The minimum Gasteiger partial charge on any atom is -0.398 e. The van der Waals surface area contributed by atoms with E-state index < -0.39 is 0 Å². The molecule has 5 heteroatoms. The van der Waals surface area contributed by atoms with E-state index in [0.29, 0.717) is 17.1 Å². The van der Waals surface area contributed by atoms with Gasteiger partial charge in [0, 0.05) is 31.3 Å². The Kier molecular flexibility index (Phi) is 3.00. The molecule has 2 N–H and O–H groups in total. The molecular weight excluding hydrogens is 216 g/mol. The normalized spacial score (nSPS) is 9.94. The van der Waals surface area contributed by atoms with Crippen molar-refractivity contribution in [1.82, 2.24) is 9.97 Å². The fourth-order valence-corrected chi connectivity index (χ4v) is 1.42. The van der Waals surface area contributed by atoms with Crippen molar-refractivity contribution in [1.29, 1.82) is 0 Å². The first-order valence-electron chi connectivity index (χ1n) is 5.08. The summed E-state index contributed by atoms with van der Waals surface area (Å²) in [6.07, 6.45) is 4.63. The van der Waals surface area contributed by atoms with Gasteiger partial charge in [0.25, 0.3) is 5.91 Å². The van der Waals surface area contributed by atoms with E-state index in [1.54, 1.807) is 37.6 Å². The van der Waals surface area contributed by atoms with Gasteiger partial charge in [0.05, 0.1) is 5.56 Å². The van der Waals surface area contributed by atoms with Crippen LogP contribution in [0.5, 0.6) is 0 Å². The molecule has 5 nitrogen and oxygen atoms in total. The predicted molar refractivity (Wildman–Crippen MR) is 65.6 cm³/mol. The van der Waals surface area contributed by atoms with Gasteiger partial charge in [-0.05, 0) is 18.2 Å². The Hall–Kier alpha value is -2.43. The zero-order chi connectivity index (χ0) is 12.3. The van der Waals surface area contributed by atoms with E-state index in [1.165, 1.54) is 11.1 Å². The minimum absolute atomic E-state index is 0.227. The van der Waals surface area contributed by atoms with Crippen molar-refractivity contribution in [2.45, 2.75) is 0 Å². The van der Waals surface area contributed by atoms with E-state index in [-0.39, 0.29) is 5.91 Å². The Bertz CT molecular complexity index is 527. The second kappa shape index (κ2) is 4.61. The van der Waals surface area contributed by atoms with Gasteiger partial charge in [-0.2, -0.15) is 0 Å². The Morgan fingerprint density at radius 1 is 1.29 bits per heavy atom. The van der Waals surface area contributed by atoms with E-state index in [9.17, 15) is 4.79 Å². The van der Waals surface area contributed by atoms with Crippen LogP contribution in [0.2, 0.25) is 0 Å². The van der Waals surface area contributed by atoms with E-state index in [4.69, 9.17) is 5.73 Å². The number of carbonyl (C=O) groups is 1. The first kappa shape index (κ1) is 11.1. The van der Waals surface area contributed by atoms with Crippen LogP contribution in [0.1, 0.15) is 10.4 Å². The fraction of sp³-hybridized carbons (Fsp3) is 0.0833. The van der Waals surface area contributed by atoms with Gasteiger partial charge in [-0.15, -0.1) is 0 Å². The van der Waals surface area contributed by atoms with E-state index in [2.05, 4.69) is 9.97 Å². The molecule has 0 aromatic carbocycles. The first-order chi connectivity index (χ1) is 8.20. The van der Waals surface area contributed by atoms with Crippen LogP contribution in [-0.4, -0.2) is 22.9 Å². The molecule has 0 spiro atoms. The highest BCUT2D eigenvalue weighted by Crippen LogP contribution is 2.15. The number of nitrogens with zero attached hydrogens (tertiary/aromatic N) is 3. The molecule has 1 amide bonds. The maximum absolute atomic E-state index is 12.1. The zero-order valence-corrected chi connectivity index (χ0v) is 9.37.